The number of nitrogens with one attached hydrogen (secondary N) is 1. The van der Waals surface area contributed by atoms with Gasteiger partial charge in [0.1, 0.15) is 6.61 Å². The minimum atomic E-state index is -0.202. The summed E-state index contributed by atoms with van der Waals surface area (Å²) in [7, 11) is 0. The van der Waals surface area contributed by atoms with Crippen molar-refractivity contribution in [3.63, 3.8) is 0 Å². The average molecular weight is 225 g/mol. The minimum absolute atomic E-state index is 0.00169. The topological polar surface area (TPSA) is 55.4 Å². The zero-order valence-corrected chi connectivity index (χ0v) is 9.86. The third-order valence-electron chi connectivity index (χ3n) is 2.48. The third-order valence-corrected chi connectivity index (χ3v) is 2.48. The van der Waals surface area contributed by atoms with Crippen LogP contribution in [0.4, 0.5) is 0 Å². The maximum absolute atomic E-state index is 11.5. The Morgan fingerprint density at radius 3 is 2.81 bits per heavy atom. The SMILES string of the molecule is C[C@@H]1COC(=O)[C@H](C)CC=CCCC(=O)N1. The van der Waals surface area contributed by atoms with Crippen LogP contribution in [0.5, 0.6) is 0 Å². The molecule has 0 fully saturated rings. The van der Waals surface area contributed by atoms with Gasteiger partial charge in [0.15, 0.2) is 0 Å². The van der Waals surface area contributed by atoms with E-state index in [0.29, 0.717) is 12.8 Å². The Morgan fingerprint density at radius 2 is 2.06 bits per heavy atom. The average Bonchev–Trinajstić information content (AvgIpc) is 2.23. The lowest BCUT2D eigenvalue weighted by Gasteiger charge is -2.16. The van der Waals surface area contributed by atoms with Crippen molar-refractivity contribution in [2.75, 3.05) is 6.61 Å². The summed E-state index contributed by atoms with van der Waals surface area (Å²) in [6.45, 7) is 3.93. The molecule has 1 heterocycles. The normalized spacial score (nSPS) is 28.6. The highest BCUT2D eigenvalue weighted by atomic mass is 16.5. The van der Waals surface area contributed by atoms with E-state index in [1.165, 1.54) is 0 Å². The molecule has 0 aromatic heterocycles. The number of hydrogen-bond acceptors (Lipinski definition) is 3. The van der Waals surface area contributed by atoms with Crippen LogP contribution in [-0.4, -0.2) is 24.5 Å². The predicted octanol–water partition coefficient (Wildman–Crippen LogP) is 1.41. The number of carbonyl (C=O) groups excluding carboxylic acids is 2. The van der Waals surface area contributed by atoms with Crippen LogP contribution in [0.1, 0.15) is 33.1 Å². The molecular weight excluding hydrogens is 206 g/mol. The molecule has 0 bridgehead atoms. The van der Waals surface area contributed by atoms with E-state index in [4.69, 9.17) is 4.74 Å². The van der Waals surface area contributed by atoms with Crippen LogP contribution in [0.15, 0.2) is 12.2 Å². The highest BCUT2D eigenvalue weighted by Crippen LogP contribution is 2.07. The fraction of sp³-hybridized carbons (Fsp3) is 0.667. The summed E-state index contributed by atoms with van der Waals surface area (Å²) in [6.07, 6.45) is 5.76. The van der Waals surface area contributed by atoms with E-state index in [0.717, 1.165) is 6.42 Å². The van der Waals surface area contributed by atoms with Gasteiger partial charge in [-0.15, -0.1) is 0 Å². The van der Waals surface area contributed by atoms with Gasteiger partial charge < -0.3 is 10.1 Å². The molecule has 2 atom stereocenters. The van der Waals surface area contributed by atoms with Crippen molar-refractivity contribution >= 4 is 11.9 Å². The van der Waals surface area contributed by atoms with Gasteiger partial charge in [0.05, 0.1) is 12.0 Å². The molecule has 1 rings (SSSR count). The first kappa shape index (κ1) is 12.7. The summed E-state index contributed by atoms with van der Waals surface area (Å²) in [5.41, 5.74) is 0. The van der Waals surface area contributed by atoms with Gasteiger partial charge in [-0.05, 0) is 19.8 Å². The lowest BCUT2D eigenvalue weighted by molar-refractivity contribution is -0.149. The van der Waals surface area contributed by atoms with Crippen molar-refractivity contribution in [1.29, 1.82) is 0 Å². The van der Waals surface area contributed by atoms with Crippen LogP contribution >= 0.6 is 0 Å². The van der Waals surface area contributed by atoms with Crippen LogP contribution in [0, 0.1) is 5.92 Å². The number of esters is 1. The van der Waals surface area contributed by atoms with Crippen molar-refractivity contribution in [2.24, 2.45) is 5.92 Å². The second-order valence-electron chi connectivity index (χ2n) is 4.25. The summed E-state index contributed by atoms with van der Waals surface area (Å²) >= 11 is 0. The second kappa shape index (κ2) is 6.30. The first-order chi connectivity index (χ1) is 7.59. The summed E-state index contributed by atoms with van der Waals surface area (Å²) in [6, 6.07) is -0.118. The maximum Gasteiger partial charge on any atom is 0.309 e. The number of allylic oxidation sites excluding steroid dienone is 2. The van der Waals surface area contributed by atoms with Crippen molar-refractivity contribution in [3.8, 4) is 0 Å². The fourth-order valence-electron chi connectivity index (χ4n) is 1.47. The van der Waals surface area contributed by atoms with Gasteiger partial charge in [0, 0.05) is 6.42 Å². The molecule has 0 aliphatic carbocycles. The zero-order chi connectivity index (χ0) is 12.0. The quantitative estimate of drug-likeness (QED) is 0.501. The van der Waals surface area contributed by atoms with Crippen LogP contribution in [0.2, 0.25) is 0 Å². The fourth-order valence-corrected chi connectivity index (χ4v) is 1.47. The Bertz CT molecular complexity index is 286. The first-order valence-electron chi connectivity index (χ1n) is 5.70. The van der Waals surface area contributed by atoms with Crippen molar-refractivity contribution in [3.05, 3.63) is 12.2 Å². The minimum Gasteiger partial charge on any atom is -0.463 e. The number of cyclic esters (lactones) is 1. The Hall–Kier alpha value is -1.32. The molecule has 1 aliphatic heterocycles. The van der Waals surface area contributed by atoms with E-state index < -0.39 is 0 Å². The molecule has 0 unspecified atom stereocenters. The molecule has 1 aliphatic rings. The van der Waals surface area contributed by atoms with Gasteiger partial charge >= 0.3 is 5.97 Å². The van der Waals surface area contributed by atoms with Crippen molar-refractivity contribution in [1.82, 2.24) is 5.32 Å². The molecule has 16 heavy (non-hydrogen) atoms. The molecule has 4 nitrogen and oxygen atoms in total. The van der Waals surface area contributed by atoms with Gasteiger partial charge in [-0.2, -0.15) is 0 Å². The monoisotopic (exact) mass is 225 g/mol. The lowest BCUT2D eigenvalue weighted by Crippen LogP contribution is -2.37. The summed E-state index contributed by atoms with van der Waals surface area (Å²) in [5, 5.41) is 2.78. The third kappa shape index (κ3) is 4.47. The number of rotatable bonds is 0. The lowest BCUT2D eigenvalue weighted by atomic mass is 10.1. The van der Waals surface area contributed by atoms with Crippen LogP contribution < -0.4 is 5.32 Å². The van der Waals surface area contributed by atoms with Crippen molar-refractivity contribution < 1.29 is 14.3 Å². The van der Waals surface area contributed by atoms with E-state index in [1.54, 1.807) is 0 Å². The standard InChI is InChI=1S/C12H19NO3/c1-9-6-4-3-5-7-11(14)13-10(2)8-16-12(9)15/h3-4,9-10H,5-8H2,1-2H3,(H,13,14)/t9-,10-/m1/s1. The molecule has 1 N–H and O–H groups in total. The highest BCUT2D eigenvalue weighted by molar-refractivity contribution is 5.76. The van der Waals surface area contributed by atoms with Gasteiger partial charge in [0.2, 0.25) is 5.91 Å². The number of carbonyl (C=O) groups is 2. The van der Waals surface area contributed by atoms with Crippen molar-refractivity contribution in [2.45, 2.75) is 39.2 Å². The zero-order valence-electron chi connectivity index (χ0n) is 9.86. The molecule has 1 amide bonds. The molecule has 0 aromatic rings. The molecule has 0 spiro atoms. The van der Waals surface area contributed by atoms with Crippen LogP contribution in [0.3, 0.4) is 0 Å². The smallest absolute Gasteiger partial charge is 0.309 e. The van der Waals surface area contributed by atoms with Gasteiger partial charge in [0.25, 0.3) is 0 Å². The van der Waals surface area contributed by atoms with E-state index in [-0.39, 0.29) is 30.4 Å². The number of ether oxygens (including phenoxy) is 1. The van der Waals surface area contributed by atoms with Gasteiger partial charge in [-0.3, -0.25) is 9.59 Å². The molecule has 0 saturated carbocycles. The van der Waals surface area contributed by atoms with E-state index in [9.17, 15) is 9.59 Å². The molecule has 4 heteroatoms. The Morgan fingerprint density at radius 1 is 1.31 bits per heavy atom. The van der Waals surface area contributed by atoms with E-state index >= 15 is 0 Å². The first-order valence-corrected chi connectivity index (χ1v) is 5.70. The Labute approximate surface area is 96.0 Å². The van der Waals surface area contributed by atoms with Crippen LogP contribution in [0.25, 0.3) is 0 Å². The van der Waals surface area contributed by atoms with Gasteiger partial charge in [-0.25, -0.2) is 0 Å². The molecule has 0 saturated heterocycles. The molecule has 90 valence electrons. The number of amides is 1. The Kier molecular flexibility index (Phi) is 5.02. The highest BCUT2D eigenvalue weighted by Gasteiger charge is 2.15. The largest absolute Gasteiger partial charge is 0.463 e. The summed E-state index contributed by atoms with van der Waals surface area (Å²) in [5.74, 6) is -0.313. The molecular formula is C12H19NO3. The van der Waals surface area contributed by atoms with Gasteiger partial charge in [-0.1, -0.05) is 19.1 Å². The molecule has 0 aromatic carbocycles. The van der Waals surface area contributed by atoms with E-state index in [1.807, 2.05) is 26.0 Å². The Balaban J connectivity index is 2.58. The summed E-state index contributed by atoms with van der Waals surface area (Å²) in [4.78, 5) is 22.9. The van der Waals surface area contributed by atoms with E-state index in [2.05, 4.69) is 5.32 Å². The predicted molar refractivity (Wildman–Crippen MR) is 60.7 cm³/mol. The van der Waals surface area contributed by atoms with Crippen LogP contribution in [-0.2, 0) is 14.3 Å². The summed E-state index contributed by atoms with van der Waals surface area (Å²) < 4.78 is 5.10. The molecule has 0 radical (unpaired) electrons. The number of hydrogen-bond donors (Lipinski definition) is 1. The maximum atomic E-state index is 11.5. The second-order valence-corrected chi connectivity index (χ2v) is 4.25.